The summed E-state index contributed by atoms with van der Waals surface area (Å²) in [5, 5.41) is 0. The van der Waals surface area contributed by atoms with Gasteiger partial charge in [0.2, 0.25) is 0 Å². The molecule has 0 unspecified atom stereocenters. The van der Waals surface area contributed by atoms with Crippen LogP contribution in [0.5, 0.6) is 0 Å². The fraction of sp³-hybridized carbons (Fsp3) is 0.909. The molecule has 0 radical (unpaired) electrons. The second kappa shape index (κ2) is 6.82. The first kappa shape index (κ1) is 13.4. The molecule has 0 fully saturated rings. The molecule has 0 aliphatic carbocycles. The van der Waals surface area contributed by atoms with E-state index >= 15 is 0 Å². The second-order valence-corrected chi connectivity index (χ2v) is 4.58. The number of hydrogen-bond donors (Lipinski definition) is 0. The van der Waals surface area contributed by atoms with Gasteiger partial charge in [0.05, 0.1) is 6.61 Å². The zero-order chi connectivity index (χ0) is 11.0. The number of ether oxygens (including phenoxy) is 2. The van der Waals surface area contributed by atoms with Crippen molar-refractivity contribution in [3.05, 3.63) is 0 Å². The Morgan fingerprint density at radius 1 is 1.21 bits per heavy atom. The van der Waals surface area contributed by atoms with Crippen LogP contribution in [0.4, 0.5) is 0 Å². The van der Waals surface area contributed by atoms with E-state index < -0.39 is 0 Å². The SMILES string of the molecule is CCCOCC(=O)OCCC(C)(C)C. The molecular formula is C11H22O3. The number of rotatable bonds is 6. The summed E-state index contributed by atoms with van der Waals surface area (Å²) in [4.78, 5) is 11.1. The molecule has 0 N–H and O–H groups in total. The monoisotopic (exact) mass is 202 g/mol. The summed E-state index contributed by atoms with van der Waals surface area (Å²) < 4.78 is 10.1. The number of carbonyl (C=O) groups excluding carboxylic acids is 1. The maximum atomic E-state index is 11.1. The quantitative estimate of drug-likeness (QED) is 0.490. The molecule has 0 aromatic heterocycles. The van der Waals surface area contributed by atoms with E-state index in [0.29, 0.717) is 13.2 Å². The van der Waals surface area contributed by atoms with Crippen molar-refractivity contribution >= 4 is 5.97 Å². The zero-order valence-corrected chi connectivity index (χ0v) is 9.76. The van der Waals surface area contributed by atoms with Gasteiger partial charge < -0.3 is 9.47 Å². The van der Waals surface area contributed by atoms with Gasteiger partial charge in [-0.1, -0.05) is 27.7 Å². The average Bonchev–Trinajstić information content (AvgIpc) is 2.02. The predicted molar refractivity (Wildman–Crippen MR) is 56.1 cm³/mol. The van der Waals surface area contributed by atoms with E-state index in [4.69, 9.17) is 9.47 Å². The Hall–Kier alpha value is -0.570. The standard InChI is InChI=1S/C11H22O3/c1-5-7-13-9-10(12)14-8-6-11(2,3)4/h5-9H2,1-4H3. The molecule has 0 aliphatic heterocycles. The highest BCUT2D eigenvalue weighted by molar-refractivity contribution is 5.70. The smallest absolute Gasteiger partial charge is 0.332 e. The summed E-state index contributed by atoms with van der Waals surface area (Å²) in [6.45, 7) is 9.55. The Morgan fingerprint density at radius 2 is 1.86 bits per heavy atom. The Morgan fingerprint density at radius 3 is 2.36 bits per heavy atom. The Kier molecular flexibility index (Phi) is 6.54. The van der Waals surface area contributed by atoms with E-state index in [1.54, 1.807) is 0 Å². The first-order valence-electron chi connectivity index (χ1n) is 5.19. The lowest BCUT2D eigenvalue weighted by atomic mass is 9.93. The van der Waals surface area contributed by atoms with Crippen LogP contribution in [0, 0.1) is 5.41 Å². The molecule has 0 heterocycles. The van der Waals surface area contributed by atoms with Crippen LogP contribution >= 0.6 is 0 Å². The summed E-state index contributed by atoms with van der Waals surface area (Å²) in [6.07, 6.45) is 1.81. The van der Waals surface area contributed by atoms with E-state index in [1.807, 2.05) is 6.92 Å². The number of carbonyl (C=O) groups is 1. The highest BCUT2D eigenvalue weighted by atomic mass is 16.6. The van der Waals surface area contributed by atoms with Gasteiger partial charge >= 0.3 is 5.97 Å². The van der Waals surface area contributed by atoms with Crippen LogP contribution in [0.2, 0.25) is 0 Å². The summed E-state index contributed by atoms with van der Waals surface area (Å²) in [5.41, 5.74) is 0.213. The Labute approximate surface area is 86.8 Å². The van der Waals surface area contributed by atoms with Crippen LogP contribution in [0.15, 0.2) is 0 Å². The van der Waals surface area contributed by atoms with E-state index in [9.17, 15) is 4.79 Å². The summed E-state index contributed by atoms with van der Waals surface area (Å²) in [6, 6.07) is 0. The summed E-state index contributed by atoms with van der Waals surface area (Å²) >= 11 is 0. The van der Waals surface area contributed by atoms with Crippen molar-refractivity contribution in [1.82, 2.24) is 0 Å². The number of esters is 1. The molecule has 0 saturated carbocycles. The molecule has 0 saturated heterocycles. The maximum Gasteiger partial charge on any atom is 0.332 e. The fourth-order valence-corrected chi connectivity index (χ4v) is 0.813. The van der Waals surface area contributed by atoms with Crippen molar-refractivity contribution in [2.75, 3.05) is 19.8 Å². The van der Waals surface area contributed by atoms with Gasteiger partial charge in [-0.15, -0.1) is 0 Å². The van der Waals surface area contributed by atoms with Crippen LogP contribution in [0.1, 0.15) is 40.5 Å². The van der Waals surface area contributed by atoms with E-state index in [1.165, 1.54) is 0 Å². The van der Waals surface area contributed by atoms with Crippen molar-refractivity contribution in [2.24, 2.45) is 5.41 Å². The third-order valence-electron chi connectivity index (χ3n) is 1.68. The van der Waals surface area contributed by atoms with Gasteiger partial charge in [0.15, 0.2) is 0 Å². The topological polar surface area (TPSA) is 35.5 Å². The van der Waals surface area contributed by atoms with Gasteiger partial charge in [-0.3, -0.25) is 0 Å². The minimum absolute atomic E-state index is 0.0813. The van der Waals surface area contributed by atoms with Crippen molar-refractivity contribution in [3.8, 4) is 0 Å². The van der Waals surface area contributed by atoms with Gasteiger partial charge in [0.1, 0.15) is 6.61 Å². The van der Waals surface area contributed by atoms with Crippen molar-refractivity contribution in [1.29, 1.82) is 0 Å². The lowest BCUT2D eigenvalue weighted by molar-refractivity contribution is -0.149. The molecule has 0 amide bonds. The normalized spacial score (nSPS) is 11.4. The summed E-state index contributed by atoms with van der Waals surface area (Å²) in [7, 11) is 0. The van der Waals surface area contributed by atoms with Crippen molar-refractivity contribution in [3.63, 3.8) is 0 Å². The third-order valence-corrected chi connectivity index (χ3v) is 1.68. The molecule has 3 nitrogen and oxygen atoms in total. The molecular weight excluding hydrogens is 180 g/mol. The highest BCUT2D eigenvalue weighted by Gasteiger charge is 2.11. The maximum absolute atomic E-state index is 11.1. The van der Waals surface area contributed by atoms with Gasteiger partial charge in [0.25, 0.3) is 0 Å². The van der Waals surface area contributed by atoms with E-state index in [2.05, 4.69) is 20.8 Å². The van der Waals surface area contributed by atoms with E-state index in [-0.39, 0.29) is 18.0 Å². The first-order chi connectivity index (χ1) is 6.45. The van der Waals surface area contributed by atoms with Crippen LogP contribution in [-0.4, -0.2) is 25.8 Å². The summed E-state index contributed by atoms with van der Waals surface area (Å²) in [5.74, 6) is -0.261. The van der Waals surface area contributed by atoms with Gasteiger partial charge in [-0.2, -0.15) is 0 Å². The van der Waals surface area contributed by atoms with Crippen LogP contribution in [0.25, 0.3) is 0 Å². The van der Waals surface area contributed by atoms with Crippen molar-refractivity contribution < 1.29 is 14.3 Å². The molecule has 0 aliphatic rings. The third kappa shape index (κ3) is 9.52. The van der Waals surface area contributed by atoms with Gasteiger partial charge in [-0.25, -0.2) is 4.79 Å². The molecule has 0 aromatic carbocycles. The van der Waals surface area contributed by atoms with Crippen LogP contribution in [0.3, 0.4) is 0 Å². The fourth-order valence-electron chi connectivity index (χ4n) is 0.813. The van der Waals surface area contributed by atoms with Crippen LogP contribution < -0.4 is 0 Å². The Bertz CT molecular complexity index is 158. The molecule has 3 heteroatoms. The molecule has 0 atom stereocenters. The van der Waals surface area contributed by atoms with Crippen LogP contribution in [-0.2, 0) is 14.3 Å². The lowest BCUT2D eigenvalue weighted by Crippen LogP contribution is -2.17. The minimum Gasteiger partial charge on any atom is -0.464 e. The largest absolute Gasteiger partial charge is 0.464 e. The minimum atomic E-state index is -0.261. The molecule has 14 heavy (non-hydrogen) atoms. The van der Waals surface area contributed by atoms with Gasteiger partial charge in [-0.05, 0) is 18.3 Å². The first-order valence-corrected chi connectivity index (χ1v) is 5.19. The molecule has 0 aromatic rings. The average molecular weight is 202 g/mol. The molecule has 0 rings (SSSR count). The predicted octanol–water partition coefficient (Wildman–Crippen LogP) is 2.39. The molecule has 0 spiro atoms. The highest BCUT2D eigenvalue weighted by Crippen LogP contribution is 2.17. The molecule has 0 bridgehead atoms. The molecule has 84 valence electrons. The zero-order valence-electron chi connectivity index (χ0n) is 9.76. The number of hydrogen-bond acceptors (Lipinski definition) is 3. The Balaban J connectivity index is 3.36. The van der Waals surface area contributed by atoms with E-state index in [0.717, 1.165) is 12.8 Å². The van der Waals surface area contributed by atoms with Crippen molar-refractivity contribution in [2.45, 2.75) is 40.5 Å². The van der Waals surface area contributed by atoms with Gasteiger partial charge in [0, 0.05) is 6.61 Å². The second-order valence-electron chi connectivity index (χ2n) is 4.58. The lowest BCUT2D eigenvalue weighted by Gasteiger charge is -2.17.